The molecule has 1 fully saturated rings. The molecule has 1 aliphatic heterocycles. The molecule has 21 heavy (non-hydrogen) atoms. The van der Waals surface area contributed by atoms with Crippen molar-refractivity contribution >= 4 is 17.6 Å². The maximum absolute atomic E-state index is 5.03. The van der Waals surface area contributed by atoms with E-state index in [4.69, 9.17) is 9.72 Å². The van der Waals surface area contributed by atoms with Crippen LogP contribution in [-0.2, 0) is 11.3 Å². The smallest absolute Gasteiger partial charge is 0.131 e. The van der Waals surface area contributed by atoms with Crippen LogP contribution in [0.1, 0.15) is 25.0 Å². The Labute approximate surface area is 132 Å². The molecule has 1 aliphatic rings. The van der Waals surface area contributed by atoms with Crippen LogP contribution >= 0.6 is 11.8 Å². The number of methoxy groups -OCH3 is 1. The molecule has 1 aromatic heterocycles. The summed E-state index contributed by atoms with van der Waals surface area (Å²) in [5.74, 6) is 2.32. The first-order valence-corrected chi connectivity index (χ1v) is 8.54. The van der Waals surface area contributed by atoms with Gasteiger partial charge in [0.1, 0.15) is 5.82 Å². The Bertz CT molecular complexity index is 465. The molecular weight excluding hydrogens is 282 g/mol. The molecule has 1 saturated heterocycles. The SMILES string of the molecule is COCCNCc1cnc(N2CCSC(C)(C)C2)c(C)c1. The summed E-state index contributed by atoms with van der Waals surface area (Å²) in [6.07, 6.45) is 2.00. The molecule has 0 radical (unpaired) electrons. The van der Waals surface area contributed by atoms with Crippen molar-refractivity contribution in [3.05, 3.63) is 23.4 Å². The molecule has 0 saturated carbocycles. The summed E-state index contributed by atoms with van der Waals surface area (Å²) in [4.78, 5) is 7.14. The highest BCUT2D eigenvalue weighted by Gasteiger charge is 2.28. The van der Waals surface area contributed by atoms with Crippen LogP contribution in [0.3, 0.4) is 0 Å². The lowest BCUT2D eigenvalue weighted by molar-refractivity contribution is 0.199. The minimum absolute atomic E-state index is 0.312. The van der Waals surface area contributed by atoms with E-state index >= 15 is 0 Å². The Hall–Kier alpha value is -0.780. The summed E-state index contributed by atoms with van der Waals surface area (Å²) in [7, 11) is 1.72. The Morgan fingerprint density at radius 2 is 2.29 bits per heavy atom. The van der Waals surface area contributed by atoms with E-state index in [1.165, 1.54) is 16.9 Å². The summed E-state index contributed by atoms with van der Waals surface area (Å²) >= 11 is 2.05. The van der Waals surface area contributed by atoms with Gasteiger partial charge < -0.3 is 15.0 Å². The van der Waals surface area contributed by atoms with Crippen LogP contribution < -0.4 is 10.2 Å². The van der Waals surface area contributed by atoms with Crippen molar-refractivity contribution < 1.29 is 4.74 Å². The summed E-state index contributed by atoms with van der Waals surface area (Å²) < 4.78 is 5.35. The lowest BCUT2D eigenvalue weighted by Gasteiger charge is -2.38. The van der Waals surface area contributed by atoms with E-state index in [1.807, 2.05) is 6.20 Å². The molecule has 118 valence electrons. The van der Waals surface area contributed by atoms with Gasteiger partial charge in [0.05, 0.1) is 6.61 Å². The van der Waals surface area contributed by atoms with E-state index in [9.17, 15) is 0 Å². The molecule has 0 atom stereocenters. The van der Waals surface area contributed by atoms with Gasteiger partial charge in [0.2, 0.25) is 0 Å². The molecule has 0 aromatic carbocycles. The fourth-order valence-electron chi connectivity index (χ4n) is 2.66. The largest absolute Gasteiger partial charge is 0.383 e. The topological polar surface area (TPSA) is 37.4 Å². The van der Waals surface area contributed by atoms with Gasteiger partial charge in [-0.2, -0.15) is 11.8 Å². The maximum atomic E-state index is 5.03. The molecule has 2 rings (SSSR count). The van der Waals surface area contributed by atoms with E-state index in [1.54, 1.807) is 7.11 Å². The van der Waals surface area contributed by atoms with Gasteiger partial charge in [0, 0.05) is 50.0 Å². The normalized spacial score (nSPS) is 18.0. The van der Waals surface area contributed by atoms with E-state index in [-0.39, 0.29) is 0 Å². The van der Waals surface area contributed by atoms with Crippen LogP contribution in [-0.4, -0.2) is 48.8 Å². The van der Waals surface area contributed by atoms with Gasteiger partial charge in [-0.1, -0.05) is 0 Å². The molecule has 0 spiro atoms. The van der Waals surface area contributed by atoms with E-state index in [0.29, 0.717) is 4.75 Å². The maximum Gasteiger partial charge on any atom is 0.131 e. The Morgan fingerprint density at radius 1 is 1.48 bits per heavy atom. The second-order valence-electron chi connectivity index (χ2n) is 6.18. The Morgan fingerprint density at radius 3 is 2.95 bits per heavy atom. The van der Waals surface area contributed by atoms with Gasteiger partial charge in [-0.3, -0.25) is 0 Å². The van der Waals surface area contributed by atoms with Gasteiger partial charge >= 0.3 is 0 Å². The average Bonchev–Trinajstić information content (AvgIpc) is 2.42. The number of nitrogens with one attached hydrogen (secondary N) is 1. The number of anilines is 1. The van der Waals surface area contributed by atoms with Gasteiger partial charge in [-0.15, -0.1) is 0 Å². The van der Waals surface area contributed by atoms with Gasteiger partial charge in [0.25, 0.3) is 0 Å². The molecule has 1 N–H and O–H groups in total. The van der Waals surface area contributed by atoms with E-state index < -0.39 is 0 Å². The highest BCUT2D eigenvalue weighted by atomic mass is 32.2. The number of ether oxygens (including phenoxy) is 1. The first-order valence-electron chi connectivity index (χ1n) is 7.56. The number of hydrogen-bond donors (Lipinski definition) is 1. The van der Waals surface area contributed by atoms with Crippen LogP contribution in [0.15, 0.2) is 12.3 Å². The van der Waals surface area contributed by atoms with Crippen molar-refractivity contribution in [2.75, 3.05) is 44.0 Å². The van der Waals surface area contributed by atoms with Crippen molar-refractivity contribution in [1.82, 2.24) is 10.3 Å². The number of pyridine rings is 1. The van der Waals surface area contributed by atoms with Gasteiger partial charge in [0.15, 0.2) is 0 Å². The number of nitrogens with zero attached hydrogens (tertiary/aromatic N) is 2. The fraction of sp³-hybridized carbons (Fsp3) is 0.688. The van der Waals surface area contributed by atoms with E-state index in [2.05, 4.69) is 48.8 Å². The molecule has 0 amide bonds. The van der Waals surface area contributed by atoms with Crippen molar-refractivity contribution in [3.63, 3.8) is 0 Å². The van der Waals surface area contributed by atoms with Crippen molar-refractivity contribution in [3.8, 4) is 0 Å². The first-order chi connectivity index (χ1) is 10.0. The molecule has 0 unspecified atom stereocenters. The third kappa shape index (κ3) is 4.87. The number of aromatic nitrogens is 1. The third-order valence-corrected chi connectivity index (χ3v) is 4.94. The zero-order valence-corrected chi connectivity index (χ0v) is 14.4. The van der Waals surface area contributed by atoms with Crippen LogP contribution in [0.2, 0.25) is 0 Å². The lowest BCUT2D eigenvalue weighted by atomic mass is 10.1. The van der Waals surface area contributed by atoms with Crippen LogP contribution in [0.5, 0.6) is 0 Å². The minimum Gasteiger partial charge on any atom is -0.383 e. The summed E-state index contributed by atoms with van der Waals surface area (Å²) in [6.45, 7) is 11.4. The molecular formula is C16H27N3OS. The number of aryl methyl sites for hydroxylation is 1. The quantitative estimate of drug-likeness (QED) is 0.817. The molecule has 2 heterocycles. The van der Waals surface area contributed by atoms with Crippen molar-refractivity contribution in [2.45, 2.75) is 32.1 Å². The highest BCUT2D eigenvalue weighted by Crippen LogP contribution is 2.32. The number of thioether (sulfide) groups is 1. The van der Waals surface area contributed by atoms with Gasteiger partial charge in [-0.05, 0) is 38.0 Å². The molecule has 5 heteroatoms. The average molecular weight is 309 g/mol. The summed E-state index contributed by atoms with van der Waals surface area (Å²) in [5, 5.41) is 3.36. The first kappa shape index (κ1) is 16.6. The monoisotopic (exact) mass is 309 g/mol. The summed E-state index contributed by atoms with van der Waals surface area (Å²) in [5.41, 5.74) is 2.50. The third-order valence-electron chi connectivity index (χ3n) is 3.64. The van der Waals surface area contributed by atoms with Crippen LogP contribution in [0.25, 0.3) is 0 Å². The zero-order valence-electron chi connectivity index (χ0n) is 13.6. The van der Waals surface area contributed by atoms with Crippen molar-refractivity contribution in [2.24, 2.45) is 0 Å². The zero-order chi connectivity index (χ0) is 15.3. The number of rotatable bonds is 6. The van der Waals surface area contributed by atoms with Crippen LogP contribution in [0.4, 0.5) is 5.82 Å². The summed E-state index contributed by atoms with van der Waals surface area (Å²) in [6, 6.07) is 2.25. The molecule has 1 aromatic rings. The predicted molar refractivity (Wildman–Crippen MR) is 91.3 cm³/mol. The molecule has 0 bridgehead atoms. The Balaban J connectivity index is 1.98. The van der Waals surface area contributed by atoms with Crippen molar-refractivity contribution in [1.29, 1.82) is 0 Å². The predicted octanol–water partition coefficient (Wildman–Crippen LogP) is 2.46. The minimum atomic E-state index is 0.312. The molecule has 4 nitrogen and oxygen atoms in total. The lowest BCUT2D eigenvalue weighted by Crippen LogP contribution is -2.43. The molecule has 0 aliphatic carbocycles. The van der Waals surface area contributed by atoms with Crippen LogP contribution in [0, 0.1) is 6.92 Å². The highest BCUT2D eigenvalue weighted by molar-refractivity contribution is 8.00. The fourth-order valence-corrected chi connectivity index (χ4v) is 3.77. The standard InChI is InChI=1S/C16H27N3OS/c1-13-9-14(10-17-5-7-20-4)11-18-15(13)19-6-8-21-16(2,3)12-19/h9,11,17H,5-8,10,12H2,1-4H3. The number of hydrogen-bond acceptors (Lipinski definition) is 5. The Kier molecular flexibility index (Phi) is 5.90. The second kappa shape index (κ2) is 7.47. The van der Waals surface area contributed by atoms with E-state index in [0.717, 1.165) is 38.6 Å². The van der Waals surface area contributed by atoms with Gasteiger partial charge in [-0.25, -0.2) is 4.98 Å². The second-order valence-corrected chi connectivity index (χ2v) is 7.99.